The van der Waals surface area contributed by atoms with E-state index in [2.05, 4.69) is 5.32 Å². The van der Waals surface area contributed by atoms with E-state index in [4.69, 9.17) is 34.8 Å². The minimum Gasteiger partial charge on any atom is -0.352 e. The summed E-state index contributed by atoms with van der Waals surface area (Å²) in [6.07, 6.45) is 0.997. The molecule has 0 heterocycles. The smallest absolute Gasteiger partial charge is 0.264 e. The van der Waals surface area contributed by atoms with E-state index in [1.807, 2.05) is 13.8 Å². The molecule has 0 aliphatic carbocycles. The zero-order chi connectivity index (χ0) is 30.3. The van der Waals surface area contributed by atoms with Crippen LogP contribution in [0.2, 0.25) is 15.1 Å². The maximum absolute atomic E-state index is 14.2. The van der Waals surface area contributed by atoms with Crippen LogP contribution in [0.5, 0.6) is 0 Å². The lowest BCUT2D eigenvalue weighted by molar-refractivity contribution is -0.140. The molecule has 0 saturated carbocycles. The van der Waals surface area contributed by atoms with Crippen LogP contribution in [0.25, 0.3) is 0 Å². The highest BCUT2D eigenvalue weighted by Crippen LogP contribution is 2.30. The van der Waals surface area contributed by atoms with Crippen molar-refractivity contribution in [2.45, 2.75) is 64.1 Å². The van der Waals surface area contributed by atoms with Gasteiger partial charge in [0.05, 0.1) is 10.6 Å². The van der Waals surface area contributed by atoms with Crippen molar-refractivity contribution in [2.24, 2.45) is 0 Å². The van der Waals surface area contributed by atoms with Gasteiger partial charge in [-0.15, -0.1) is 0 Å². The summed E-state index contributed by atoms with van der Waals surface area (Å²) >= 11 is 18.8. The number of carbonyl (C=O) groups is 2. The van der Waals surface area contributed by atoms with Gasteiger partial charge < -0.3 is 10.2 Å². The maximum atomic E-state index is 14.2. The first-order valence-electron chi connectivity index (χ1n) is 13.3. The highest BCUT2D eigenvalue weighted by molar-refractivity contribution is 7.92. The molecule has 41 heavy (non-hydrogen) atoms. The lowest BCUT2D eigenvalue weighted by Crippen LogP contribution is -2.53. The molecule has 3 rings (SSSR count). The number of nitrogens with one attached hydrogen (secondary N) is 1. The molecule has 2 amide bonds. The fourth-order valence-corrected chi connectivity index (χ4v) is 6.40. The third kappa shape index (κ3) is 8.16. The number of benzene rings is 3. The molecule has 3 aromatic rings. The third-order valence-corrected chi connectivity index (χ3v) is 9.39. The zero-order valence-electron chi connectivity index (χ0n) is 23.4. The van der Waals surface area contributed by atoms with E-state index in [1.54, 1.807) is 62.4 Å². The Morgan fingerprint density at radius 1 is 0.902 bits per heavy atom. The number of hydrogen-bond acceptors (Lipinski definition) is 4. The quantitative estimate of drug-likeness (QED) is 0.235. The fourth-order valence-electron chi connectivity index (χ4n) is 4.28. The number of anilines is 1. The summed E-state index contributed by atoms with van der Waals surface area (Å²) in [7, 11) is -4.20. The monoisotopic (exact) mass is 637 g/mol. The predicted molar refractivity (Wildman–Crippen MR) is 166 cm³/mol. The number of sulfonamides is 1. The maximum Gasteiger partial charge on any atom is 0.264 e. The zero-order valence-corrected chi connectivity index (χ0v) is 26.5. The molecule has 220 valence electrons. The van der Waals surface area contributed by atoms with E-state index >= 15 is 0 Å². The first-order valence-corrected chi connectivity index (χ1v) is 15.8. The molecule has 0 fully saturated rings. The van der Waals surface area contributed by atoms with Gasteiger partial charge in [0.15, 0.2) is 0 Å². The molecular formula is C30H34Cl3N3O4S. The van der Waals surface area contributed by atoms with Gasteiger partial charge in [-0.1, -0.05) is 79.0 Å². The second-order valence-corrected chi connectivity index (χ2v) is 12.9. The van der Waals surface area contributed by atoms with Gasteiger partial charge in [-0.25, -0.2) is 8.42 Å². The van der Waals surface area contributed by atoms with Gasteiger partial charge in [0, 0.05) is 27.7 Å². The molecule has 0 radical (unpaired) electrons. The molecule has 0 aliphatic heterocycles. The van der Waals surface area contributed by atoms with Crippen LogP contribution in [0.3, 0.4) is 0 Å². The topological polar surface area (TPSA) is 86.8 Å². The van der Waals surface area contributed by atoms with Gasteiger partial charge in [0.1, 0.15) is 12.6 Å². The van der Waals surface area contributed by atoms with E-state index in [0.29, 0.717) is 39.0 Å². The van der Waals surface area contributed by atoms with Gasteiger partial charge >= 0.3 is 0 Å². The summed E-state index contributed by atoms with van der Waals surface area (Å²) in [6.45, 7) is 6.75. The molecule has 0 aromatic heterocycles. The molecule has 0 bridgehead atoms. The summed E-state index contributed by atoms with van der Waals surface area (Å²) < 4.78 is 29.0. The Morgan fingerprint density at radius 2 is 1.54 bits per heavy atom. The number of aryl methyl sites for hydroxylation is 1. The van der Waals surface area contributed by atoms with Crippen molar-refractivity contribution < 1.29 is 18.0 Å². The van der Waals surface area contributed by atoms with E-state index in [-0.39, 0.29) is 29.1 Å². The summed E-state index contributed by atoms with van der Waals surface area (Å²) in [5.41, 5.74) is 1.43. The second kappa shape index (κ2) is 14.4. The number of rotatable bonds is 12. The van der Waals surface area contributed by atoms with E-state index < -0.39 is 28.5 Å². The standard InChI is InChI=1S/C30H34Cl3N3O4S/c1-5-21(4)34-30(38)27(6-2)35(18-22-13-15-23(31)16-26(22)33)29(37)19-36(28-17-24(32)14-12-20(28)3)41(39,40)25-10-8-7-9-11-25/h7-17,21,27H,5-6,18-19H2,1-4H3,(H,34,38). The highest BCUT2D eigenvalue weighted by atomic mass is 35.5. The molecule has 11 heteroatoms. The molecule has 2 atom stereocenters. The van der Waals surface area contributed by atoms with Crippen molar-refractivity contribution >= 4 is 62.3 Å². The molecule has 0 spiro atoms. The number of nitrogens with zero attached hydrogens (tertiary/aromatic N) is 2. The van der Waals surface area contributed by atoms with Gasteiger partial charge in [0.2, 0.25) is 11.8 Å². The SMILES string of the molecule is CCC(C)NC(=O)C(CC)N(Cc1ccc(Cl)cc1Cl)C(=O)CN(c1cc(Cl)ccc1C)S(=O)(=O)c1ccccc1. The summed E-state index contributed by atoms with van der Waals surface area (Å²) in [5, 5.41) is 4.01. The molecule has 1 N–H and O–H groups in total. The number of hydrogen-bond donors (Lipinski definition) is 1. The van der Waals surface area contributed by atoms with Crippen LogP contribution in [-0.2, 0) is 26.2 Å². The van der Waals surface area contributed by atoms with E-state index in [0.717, 1.165) is 4.31 Å². The summed E-state index contributed by atoms with van der Waals surface area (Å²) in [5.74, 6) is -0.919. The molecule has 0 saturated heterocycles. The average molecular weight is 639 g/mol. The molecule has 3 aromatic carbocycles. The Kier molecular flexibility index (Phi) is 11.5. The van der Waals surface area contributed by atoms with Crippen LogP contribution in [0.15, 0.2) is 71.6 Å². The van der Waals surface area contributed by atoms with Crippen LogP contribution >= 0.6 is 34.8 Å². The molecular weight excluding hydrogens is 605 g/mol. The number of carbonyl (C=O) groups excluding carboxylic acids is 2. The minimum atomic E-state index is -4.20. The van der Waals surface area contributed by atoms with Crippen LogP contribution in [0.1, 0.15) is 44.7 Å². The first kappa shape index (κ1) is 32.7. The second-order valence-electron chi connectivity index (χ2n) is 9.75. The predicted octanol–water partition coefficient (Wildman–Crippen LogP) is 6.87. The molecule has 7 nitrogen and oxygen atoms in total. The van der Waals surface area contributed by atoms with Crippen LogP contribution < -0.4 is 9.62 Å². The van der Waals surface area contributed by atoms with Crippen LogP contribution in [-0.4, -0.2) is 43.8 Å². The van der Waals surface area contributed by atoms with Crippen molar-refractivity contribution in [1.29, 1.82) is 0 Å². The van der Waals surface area contributed by atoms with Crippen molar-refractivity contribution in [3.8, 4) is 0 Å². The third-order valence-electron chi connectivity index (χ3n) is 6.79. The molecule has 2 unspecified atom stereocenters. The van der Waals surface area contributed by atoms with Crippen LogP contribution in [0, 0.1) is 6.92 Å². The van der Waals surface area contributed by atoms with Crippen molar-refractivity contribution in [1.82, 2.24) is 10.2 Å². The Balaban J connectivity index is 2.11. The normalized spacial score (nSPS) is 12.9. The number of amides is 2. The van der Waals surface area contributed by atoms with Crippen molar-refractivity contribution in [2.75, 3.05) is 10.8 Å². The summed E-state index contributed by atoms with van der Waals surface area (Å²) in [4.78, 5) is 29.0. The fraction of sp³-hybridized carbons (Fsp3) is 0.333. The minimum absolute atomic E-state index is 0.0148. The lowest BCUT2D eigenvalue weighted by atomic mass is 10.1. The highest BCUT2D eigenvalue weighted by Gasteiger charge is 2.34. The van der Waals surface area contributed by atoms with Crippen LogP contribution in [0.4, 0.5) is 5.69 Å². The first-order chi connectivity index (χ1) is 19.4. The van der Waals surface area contributed by atoms with E-state index in [1.165, 1.54) is 23.1 Å². The Hall–Kier alpha value is -2.78. The van der Waals surface area contributed by atoms with Crippen molar-refractivity contribution in [3.63, 3.8) is 0 Å². The Bertz CT molecular complexity index is 1490. The van der Waals surface area contributed by atoms with Gasteiger partial charge in [-0.2, -0.15) is 0 Å². The largest absolute Gasteiger partial charge is 0.352 e. The van der Waals surface area contributed by atoms with Crippen molar-refractivity contribution in [3.05, 3.63) is 92.9 Å². The summed E-state index contributed by atoms with van der Waals surface area (Å²) in [6, 6.07) is 16.6. The van der Waals surface area contributed by atoms with Gasteiger partial charge in [-0.3, -0.25) is 13.9 Å². The molecule has 0 aliphatic rings. The lowest BCUT2D eigenvalue weighted by Gasteiger charge is -2.34. The Morgan fingerprint density at radius 3 is 2.15 bits per heavy atom. The number of halogens is 3. The average Bonchev–Trinajstić information content (AvgIpc) is 2.94. The van der Waals surface area contributed by atoms with E-state index in [9.17, 15) is 18.0 Å². The van der Waals surface area contributed by atoms with Gasteiger partial charge in [-0.05, 0) is 74.2 Å². The van der Waals surface area contributed by atoms with Gasteiger partial charge in [0.25, 0.3) is 10.0 Å². The Labute approximate surface area is 257 Å².